The number of thiocarbonyl (C=S) groups is 1. The quantitative estimate of drug-likeness (QED) is 0.526. The molecule has 1 fully saturated rings. The highest BCUT2D eigenvalue weighted by molar-refractivity contribution is 7.80. The summed E-state index contributed by atoms with van der Waals surface area (Å²) in [6, 6.07) is 7.49. The molecule has 0 spiro atoms. The van der Waals surface area contributed by atoms with Crippen molar-refractivity contribution in [1.82, 2.24) is 5.32 Å². The first-order chi connectivity index (χ1) is 11.6. The summed E-state index contributed by atoms with van der Waals surface area (Å²) in [5, 5.41) is 3.01. The molecule has 1 aromatic rings. The first-order valence-electron chi connectivity index (χ1n) is 8.34. The molecule has 3 N–H and O–H groups in total. The van der Waals surface area contributed by atoms with E-state index in [9.17, 15) is 4.79 Å². The molecule has 6 nitrogen and oxygen atoms in total. The summed E-state index contributed by atoms with van der Waals surface area (Å²) in [5.41, 5.74) is 6.17. The van der Waals surface area contributed by atoms with Crippen LogP contribution in [-0.2, 0) is 4.74 Å². The highest BCUT2D eigenvalue weighted by Crippen LogP contribution is 2.24. The van der Waals surface area contributed by atoms with Crippen LogP contribution in [0.15, 0.2) is 24.3 Å². The van der Waals surface area contributed by atoms with Gasteiger partial charge >= 0.3 is 6.09 Å². The van der Waals surface area contributed by atoms with E-state index in [1.807, 2.05) is 24.3 Å². The molecule has 132 valence electrons. The Morgan fingerprint density at radius 2 is 2.12 bits per heavy atom. The number of cyclic esters (lactones) is 1. The van der Waals surface area contributed by atoms with Crippen molar-refractivity contribution in [3.05, 3.63) is 24.3 Å². The van der Waals surface area contributed by atoms with Crippen molar-refractivity contribution in [2.75, 3.05) is 24.6 Å². The van der Waals surface area contributed by atoms with Crippen molar-refractivity contribution < 1.29 is 14.3 Å². The Labute approximate surface area is 148 Å². The van der Waals surface area contributed by atoms with E-state index < -0.39 is 0 Å². The molecule has 0 radical (unpaired) electrons. The molecular weight excluding hydrogens is 326 g/mol. The summed E-state index contributed by atoms with van der Waals surface area (Å²) in [6.45, 7) is 3.79. The molecule has 1 heterocycles. The number of carbonyl (C=O) groups excluding carboxylic acids is 1. The third kappa shape index (κ3) is 5.56. The van der Waals surface area contributed by atoms with Crippen molar-refractivity contribution in [3.8, 4) is 5.75 Å². The standard InChI is InChI=1S/C17H25N3O3S/c1-2-3-4-5-10-22-14-8-6-13(7-9-14)20-12-15(23-17(20)21)11-19-16(18)24/h6-9,15H,2-5,10-12H2,1H3,(H3,18,19,24)/t15-/m0/s1. The largest absolute Gasteiger partial charge is 0.494 e. The minimum absolute atomic E-state index is 0.199. The van der Waals surface area contributed by atoms with Crippen LogP contribution < -0.4 is 20.7 Å². The Kier molecular flexibility index (Phi) is 7.11. The smallest absolute Gasteiger partial charge is 0.414 e. The lowest BCUT2D eigenvalue weighted by atomic mass is 10.2. The molecule has 0 aromatic heterocycles. The van der Waals surface area contributed by atoms with Crippen molar-refractivity contribution in [2.24, 2.45) is 5.73 Å². The van der Waals surface area contributed by atoms with E-state index in [0.717, 1.165) is 24.5 Å². The summed E-state index contributed by atoms with van der Waals surface area (Å²) in [7, 11) is 0. The molecular formula is C17H25N3O3S. The Balaban J connectivity index is 1.82. The third-order valence-corrected chi connectivity index (χ3v) is 3.94. The van der Waals surface area contributed by atoms with Crippen molar-refractivity contribution >= 4 is 29.1 Å². The molecule has 1 aromatic carbocycles. The van der Waals surface area contributed by atoms with Crippen LogP contribution in [0.5, 0.6) is 5.75 Å². The van der Waals surface area contributed by atoms with Gasteiger partial charge < -0.3 is 20.5 Å². The molecule has 1 amide bonds. The second-order valence-electron chi connectivity index (χ2n) is 5.76. The van der Waals surface area contributed by atoms with Gasteiger partial charge in [0.1, 0.15) is 11.9 Å². The van der Waals surface area contributed by atoms with E-state index in [2.05, 4.69) is 12.2 Å². The number of nitrogens with one attached hydrogen (secondary N) is 1. The normalized spacial score (nSPS) is 16.8. The predicted octanol–water partition coefficient (Wildman–Crippen LogP) is 2.80. The first kappa shape index (κ1) is 18.3. The van der Waals surface area contributed by atoms with Gasteiger partial charge in [-0.25, -0.2) is 4.79 Å². The van der Waals surface area contributed by atoms with Gasteiger partial charge in [0.2, 0.25) is 0 Å². The second kappa shape index (κ2) is 9.32. The minimum Gasteiger partial charge on any atom is -0.494 e. The third-order valence-electron chi connectivity index (χ3n) is 3.79. The highest BCUT2D eigenvalue weighted by atomic mass is 32.1. The maximum Gasteiger partial charge on any atom is 0.414 e. The lowest BCUT2D eigenvalue weighted by Crippen LogP contribution is -2.37. The van der Waals surface area contributed by atoms with E-state index in [-0.39, 0.29) is 17.3 Å². The van der Waals surface area contributed by atoms with Gasteiger partial charge in [-0.05, 0) is 42.9 Å². The maximum absolute atomic E-state index is 12.0. The number of ether oxygens (including phenoxy) is 2. The van der Waals surface area contributed by atoms with Crippen LogP contribution in [0.25, 0.3) is 0 Å². The molecule has 0 bridgehead atoms. The van der Waals surface area contributed by atoms with Gasteiger partial charge in [-0.1, -0.05) is 26.2 Å². The average Bonchev–Trinajstić information content (AvgIpc) is 2.94. The van der Waals surface area contributed by atoms with Crippen LogP contribution in [0.3, 0.4) is 0 Å². The van der Waals surface area contributed by atoms with Crippen LogP contribution >= 0.6 is 12.2 Å². The number of amides is 1. The molecule has 2 rings (SSSR count). The van der Waals surface area contributed by atoms with E-state index in [1.165, 1.54) is 19.3 Å². The van der Waals surface area contributed by atoms with Crippen molar-refractivity contribution in [3.63, 3.8) is 0 Å². The Hall–Kier alpha value is -2.02. The lowest BCUT2D eigenvalue weighted by Gasteiger charge is -2.14. The molecule has 1 aliphatic rings. The molecule has 0 unspecified atom stereocenters. The van der Waals surface area contributed by atoms with Crippen LogP contribution in [0, 0.1) is 0 Å². The molecule has 1 atom stereocenters. The molecule has 7 heteroatoms. The van der Waals surface area contributed by atoms with Crippen LogP contribution in [0.4, 0.5) is 10.5 Å². The van der Waals surface area contributed by atoms with E-state index in [0.29, 0.717) is 13.1 Å². The molecule has 1 saturated heterocycles. The SMILES string of the molecule is CCCCCCOc1ccc(N2C[C@H](CNC(N)=S)OC2=O)cc1. The summed E-state index contributed by atoms with van der Waals surface area (Å²) in [5.74, 6) is 0.814. The summed E-state index contributed by atoms with van der Waals surface area (Å²) in [4.78, 5) is 13.6. The van der Waals surface area contributed by atoms with Gasteiger partial charge in [0.25, 0.3) is 0 Å². The first-order valence-corrected chi connectivity index (χ1v) is 8.75. The van der Waals surface area contributed by atoms with Crippen LogP contribution in [0.1, 0.15) is 32.6 Å². The van der Waals surface area contributed by atoms with Gasteiger partial charge in [-0.15, -0.1) is 0 Å². The maximum atomic E-state index is 12.0. The summed E-state index contributed by atoms with van der Waals surface area (Å²) >= 11 is 4.75. The number of benzene rings is 1. The van der Waals surface area contributed by atoms with E-state index in [1.54, 1.807) is 4.90 Å². The number of carbonyl (C=O) groups is 1. The number of nitrogens with two attached hydrogens (primary N) is 1. The number of rotatable bonds is 9. The van der Waals surface area contributed by atoms with E-state index in [4.69, 9.17) is 27.4 Å². The van der Waals surface area contributed by atoms with Gasteiger partial charge in [0.15, 0.2) is 5.11 Å². The van der Waals surface area contributed by atoms with E-state index >= 15 is 0 Å². The molecule has 0 saturated carbocycles. The second-order valence-corrected chi connectivity index (χ2v) is 6.20. The fraction of sp³-hybridized carbons (Fsp3) is 0.529. The van der Waals surface area contributed by atoms with Crippen LogP contribution in [0.2, 0.25) is 0 Å². The van der Waals surface area contributed by atoms with Gasteiger partial charge in [0, 0.05) is 5.69 Å². The predicted molar refractivity (Wildman–Crippen MR) is 98.5 cm³/mol. The zero-order chi connectivity index (χ0) is 17.4. The van der Waals surface area contributed by atoms with Gasteiger partial charge in [-0.2, -0.15) is 0 Å². The Morgan fingerprint density at radius 1 is 1.38 bits per heavy atom. The fourth-order valence-electron chi connectivity index (χ4n) is 2.49. The van der Waals surface area contributed by atoms with Crippen LogP contribution in [-0.4, -0.2) is 37.0 Å². The Morgan fingerprint density at radius 3 is 2.79 bits per heavy atom. The number of nitrogens with zero attached hydrogens (tertiary/aromatic N) is 1. The minimum atomic E-state index is -0.363. The van der Waals surface area contributed by atoms with Gasteiger partial charge in [-0.3, -0.25) is 4.90 Å². The fourth-order valence-corrected chi connectivity index (χ4v) is 2.58. The average molecular weight is 351 g/mol. The zero-order valence-corrected chi connectivity index (χ0v) is 14.8. The summed E-state index contributed by atoms with van der Waals surface area (Å²) in [6.07, 6.45) is 4.08. The topological polar surface area (TPSA) is 76.8 Å². The lowest BCUT2D eigenvalue weighted by molar-refractivity contribution is 0.143. The Bertz CT molecular complexity index is 551. The number of anilines is 1. The monoisotopic (exact) mass is 351 g/mol. The van der Waals surface area contributed by atoms with Crippen molar-refractivity contribution in [2.45, 2.75) is 38.7 Å². The van der Waals surface area contributed by atoms with Gasteiger partial charge in [0.05, 0.1) is 19.7 Å². The number of unbranched alkanes of at least 4 members (excludes halogenated alkanes) is 3. The highest BCUT2D eigenvalue weighted by Gasteiger charge is 2.32. The molecule has 0 aliphatic carbocycles. The number of hydrogen-bond donors (Lipinski definition) is 2. The molecule has 1 aliphatic heterocycles. The molecule has 24 heavy (non-hydrogen) atoms. The number of hydrogen-bond acceptors (Lipinski definition) is 4. The zero-order valence-electron chi connectivity index (χ0n) is 14.0. The van der Waals surface area contributed by atoms with Crippen molar-refractivity contribution in [1.29, 1.82) is 0 Å². The summed E-state index contributed by atoms with van der Waals surface area (Å²) < 4.78 is 11.0.